The Labute approximate surface area is 83.9 Å². The molecule has 1 saturated heterocycles. The number of hydrogen-bond donors (Lipinski definition) is 1. The van der Waals surface area contributed by atoms with E-state index in [-0.39, 0.29) is 6.04 Å². The highest BCUT2D eigenvalue weighted by Crippen LogP contribution is 2.12. The fraction of sp³-hybridized carbons (Fsp3) is 0.875. The quantitative estimate of drug-likeness (QED) is 0.682. The first-order valence-electron chi connectivity index (χ1n) is 4.33. The van der Waals surface area contributed by atoms with Crippen molar-refractivity contribution >= 4 is 29.0 Å². The van der Waals surface area contributed by atoms with Gasteiger partial charge in [0.1, 0.15) is 0 Å². The van der Waals surface area contributed by atoms with Crippen molar-refractivity contribution in [3.05, 3.63) is 0 Å². The predicted octanol–water partition coefficient (Wildman–Crippen LogP) is 1.10. The summed E-state index contributed by atoms with van der Waals surface area (Å²) in [5.74, 6) is 2.49. The van der Waals surface area contributed by atoms with E-state index in [1.54, 1.807) is 0 Å². The van der Waals surface area contributed by atoms with E-state index in [2.05, 4.69) is 11.8 Å². The van der Waals surface area contributed by atoms with Gasteiger partial charge in [0.05, 0.1) is 11.0 Å². The molecule has 2 nitrogen and oxygen atoms in total. The molecule has 0 saturated carbocycles. The van der Waals surface area contributed by atoms with Crippen molar-refractivity contribution in [2.75, 3.05) is 24.6 Å². The lowest BCUT2D eigenvalue weighted by atomic mass is 10.2. The van der Waals surface area contributed by atoms with Crippen molar-refractivity contribution in [2.45, 2.75) is 19.4 Å². The minimum Gasteiger partial charge on any atom is -0.392 e. The molecule has 12 heavy (non-hydrogen) atoms. The summed E-state index contributed by atoms with van der Waals surface area (Å²) in [5.41, 5.74) is 5.60. The average molecular weight is 204 g/mol. The lowest BCUT2D eigenvalue weighted by Crippen LogP contribution is -2.42. The molecule has 0 bridgehead atoms. The Morgan fingerprint density at radius 1 is 1.50 bits per heavy atom. The van der Waals surface area contributed by atoms with Crippen LogP contribution in [0, 0.1) is 0 Å². The van der Waals surface area contributed by atoms with Crippen LogP contribution in [0.4, 0.5) is 0 Å². The van der Waals surface area contributed by atoms with Gasteiger partial charge in [-0.05, 0) is 25.6 Å². The Balaban J connectivity index is 2.42. The highest BCUT2D eigenvalue weighted by molar-refractivity contribution is 7.99. The van der Waals surface area contributed by atoms with Gasteiger partial charge in [0, 0.05) is 12.3 Å². The van der Waals surface area contributed by atoms with Gasteiger partial charge in [0.25, 0.3) is 0 Å². The molecule has 4 heteroatoms. The van der Waals surface area contributed by atoms with Gasteiger partial charge in [-0.15, -0.1) is 0 Å². The second-order valence-electron chi connectivity index (χ2n) is 3.08. The summed E-state index contributed by atoms with van der Waals surface area (Å²) in [6.07, 6.45) is 1.26. The summed E-state index contributed by atoms with van der Waals surface area (Å²) in [6.45, 7) is 4.37. The van der Waals surface area contributed by atoms with Gasteiger partial charge >= 0.3 is 0 Å². The van der Waals surface area contributed by atoms with Gasteiger partial charge in [0.2, 0.25) is 0 Å². The van der Waals surface area contributed by atoms with Gasteiger partial charge in [-0.3, -0.25) is 4.90 Å². The maximum atomic E-state index is 5.60. The zero-order chi connectivity index (χ0) is 8.97. The molecule has 1 rings (SSSR count). The summed E-state index contributed by atoms with van der Waals surface area (Å²) < 4.78 is 0. The molecular formula is C8H16N2S2. The van der Waals surface area contributed by atoms with Gasteiger partial charge in [0.15, 0.2) is 0 Å². The molecule has 0 spiro atoms. The van der Waals surface area contributed by atoms with Crippen LogP contribution in [0.25, 0.3) is 0 Å². The minimum absolute atomic E-state index is 0.277. The molecule has 1 atom stereocenters. The summed E-state index contributed by atoms with van der Waals surface area (Å²) in [4.78, 5) is 3.00. The first-order chi connectivity index (χ1) is 5.72. The third-order valence-corrected chi connectivity index (χ3v) is 3.61. The Morgan fingerprint density at radius 2 is 2.25 bits per heavy atom. The third kappa shape index (κ3) is 2.92. The monoisotopic (exact) mass is 204 g/mol. The van der Waals surface area contributed by atoms with E-state index in [1.807, 2.05) is 11.8 Å². The first-order valence-corrected chi connectivity index (χ1v) is 5.89. The van der Waals surface area contributed by atoms with Crippen LogP contribution in [0.1, 0.15) is 13.3 Å². The zero-order valence-corrected chi connectivity index (χ0v) is 9.09. The molecule has 0 aromatic rings. The topological polar surface area (TPSA) is 29.3 Å². The molecule has 70 valence electrons. The molecule has 1 aliphatic rings. The van der Waals surface area contributed by atoms with E-state index >= 15 is 0 Å². The van der Waals surface area contributed by atoms with Crippen molar-refractivity contribution < 1.29 is 0 Å². The normalized spacial score (nSPS) is 23.1. The second kappa shape index (κ2) is 5.04. The van der Waals surface area contributed by atoms with Gasteiger partial charge < -0.3 is 5.73 Å². The molecular weight excluding hydrogens is 188 g/mol. The van der Waals surface area contributed by atoms with Gasteiger partial charge in [-0.1, -0.05) is 12.2 Å². The van der Waals surface area contributed by atoms with Crippen molar-refractivity contribution in [1.82, 2.24) is 4.90 Å². The van der Waals surface area contributed by atoms with Crippen LogP contribution in [0.15, 0.2) is 0 Å². The van der Waals surface area contributed by atoms with Gasteiger partial charge in [-0.25, -0.2) is 0 Å². The average Bonchev–Trinajstić information content (AvgIpc) is 2.30. The molecule has 2 N–H and O–H groups in total. The van der Waals surface area contributed by atoms with Crippen molar-refractivity contribution in [2.24, 2.45) is 5.73 Å². The molecule has 0 amide bonds. The minimum atomic E-state index is 0.277. The first kappa shape index (κ1) is 10.3. The summed E-state index contributed by atoms with van der Waals surface area (Å²) >= 11 is 7.00. The summed E-state index contributed by atoms with van der Waals surface area (Å²) in [7, 11) is 0. The van der Waals surface area contributed by atoms with E-state index in [0.29, 0.717) is 4.99 Å². The maximum absolute atomic E-state index is 5.60. The number of thioether (sulfide) groups is 1. The Bertz CT molecular complexity index is 153. The molecule has 0 aromatic carbocycles. The predicted molar refractivity (Wildman–Crippen MR) is 59.8 cm³/mol. The van der Waals surface area contributed by atoms with E-state index < -0.39 is 0 Å². The lowest BCUT2D eigenvalue weighted by Gasteiger charge is -2.25. The summed E-state index contributed by atoms with van der Waals surface area (Å²) in [6, 6.07) is 0.277. The van der Waals surface area contributed by atoms with Crippen molar-refractivity contribution in [3.63, 3.8) is 0 Å². The fourth-order valence-corrected chi connectivity index (χ4v) is 2.38. The molecule has 1 unspecified atom stereocenters. The third-order valence-electron chi connectivity index (χ3n) is 2.22. The highest BCUT2D eigenvalue weighted by atomic mass is 32.2. The largest absolute Gasteiger partial charge is 0.392 e. The Hall–Kier alpha value is 0.200. The molecule has 0 aromatic heterocycles. The van der Waals surface area contributed by atoms with Crippen LogP contribution in [-0.2, 0) is 0 Å². The molecule has 0 aliphatic carbocycles. The van der Waals surface area contributed by atoms with Crippen LogP contribution < -0.4 is 5.73 Å². The van der Waals surface area contributed by atoms with Gasteiger partial charge in [-0.2, -0.15) is 11.8 Å². The molecule has 1 heterocycles. The maximum Gasteiger partial charge on any atom is 0.0899 e. The van der Waals surface area contributed by atoms with Crippen LogP contribution in [0.2, 0.25) is 0 Å². The summed E-state index contributed by atoms with van der Waals surface area (Å²) in [5, 5.41) is 0. The number of thiocarbonyl (C=S) groups is 1. The number of hydrogen-bond acceptors (Lipinski definition) is 3. The van der Waals surface area contributed by atoms with Crippen LogP contribution >= 0.6 is 24.0 Å². The van der Waals surface area contributed by atoms with E-state index in [1.165, 1.54) is 17.9 Å². The van der Waals surface area contributed by atoms with Crippen molar-refractivity contribution in [3.8, 4) is 0 Å². The smallest absolute Gasteiger partial charge is 0.0899 e. The van der Waals surface area contributed by atoms with E-state index in [9.17, 15) is 0 Å². The lowest BCUT2D eigenvalue weighted by molar-refractivity contribution is 0.274. The van der Waals surface area contributed by atoms with E-state index in [4.69, 9.17) is 18.0 Å². The number of nitrogens with two attached hydrogens (primary N) is 1. The van der Waals surface area contributed by atoms with Crippen LogP contribution in [0.3, 0.4) is 0 Å². The zero-order valence-electron chi connectivity index (χ0n) is 7.45. The standard InChI is InChI=1S/C8H16N2S2/c1-7(8(9)11)10-3-2-5-12-6-4-10/h7H,2-6H2,1H3,(H2,9,11). The van der Waals surface area contributed by atoms with Crippen LogP contribution in [-0.4, -0.2) is 40.5 Å². The van der Waals surface area contributed by atoms with Crippen molar-refractivity contribution in [1.29, 1.82) is 0 Å². The fourth-order valence-electron chi connectivity index (χ4n) is 1.33. The SMILES string of the molecule is CC(C(N)=S)N1CCCSCC1. The number of rotatable bonds is 2. The second-order valence-corrected chi connectivity index (χ2v) is 4.78. The number of nitrogens with zero attached hydrogens (tertiary/aromatic N) is 1. The molecule has 1 fully saturated rings. The Kier molecular flexibility index (Phi) is 4.32. The molecule has 1 aliphatic heterocycles. The molecule has 0 radical (unpaired) electrons. The van der Waals surface area contributed by atoms with E-state index in [0.717, 1.165) is 13.1 Å². The Morgan fingerprint density at radius 3 is 2.92 bits per heavy atom. The van der Waals surface area contributed by atoms with Crippen LogP contribution in [0.5, 0.6) is 0 Å². The highest BCUT2D eigenvalue weighted by Gasteiger charge is 2.17.